The Morgan fingerprint density at radius 2 is 1.64 bits per heavy atom. The van der Waals surface area contributed by atoms with Crippen molar-refractivity contribution in [3.8, 4) is 0 Å². The van der Waals surface area contributed by atoms with Gasteiger partial charge in [-0.15, -0.1) is 0 Å². The fourth-order valence-electron chi connectivity index (χ4n) is 3.96. The molecule has 1 atom stereocenters. The van der Waals surface area contributed by atoms with Crippen LogP contribution in [0.1, 0.15) is 22.6 Å². The lowest BCUT2D eigenvalue weighted by molar-refractivity contribution is -0.117. The summed E-state index contributed by atoms with van der Waals surface area (Å²) in [5.41, 5.74) is 9.57. The third kappa shape index (κ3) is 4.94. The highest BCUT2D eigenvalue weighted by Gasteiger charge is 2.28. The minimum Gasteiger partial charge on any atom is -0.334 e. The average molecular weight is 445 g/mol. The molecule has 0 aromatic heterocycles. The number of nitrogens with one attached hydrogen (secondary N) is 2. The first-order chi connectivity index (χ1) is 15.9. The van der Waals surface area contributed by atoms with Crippen LogP contribution >= 0.6 is 0 Å². The summed E-state index contributed by atoms with van der Waals surface area (Å²) < 4.78 is 14.8. The minimum absolute atomic E-state index is 0.229. The van der Waals surface area contributed by atoms with Crippen LogP contribution in [-0.2, 0) is 4.79 Å². The largest absolute Gasteiger partial charge is 0.334 e. The maximum Gasteiger partial charge on any atom is 0.321 e. The van der Waals surface area contributed by atoms with Crippen molar-refractivity contribution < 1.29 is 14.0 Å². The summed E-state index contributed by atoms with van der Waals surface area (Å²) in [5.74, 6) is -1.27. The smallest absolute Gasteiger partial charge is 0.321 e. The fraction of sp³-hybridized carbons (Fsp3) is 0.154. The number of hydrogen-bond donors (Lipinski definition) is 3. The summed E-state index contributed by atoms with van der Waals surface area (Å²) in [4.78, 5) is 26.0. The molecule has 0 saturated heterocycles. The molecule has 3 aromatic rings. The average Bonchev–Trinajstić information content (AvgIpc) is 2.82. The summed E-state index contributed by atoms with van der Waals surface area (Å²) in [6.07, 6.45) is 1.59. The highest BCUT2D eigenvalue weighted by atomic mass is 19.1. The third-order valence-electron chi connectivity index (χ3n) is 5.66. The van der Waals surface area contributed by atoms with Crippen LogP contribution in [0.25, 0.3) is 5.57 Å². The van der Waals surface area contributed by atoms with E-state index >= 15 is 0 Å². The number of rotatable bonds is 6. The number of carbonyl (C=O) groups excluding carboxylic acids is 2. The molecule has 168 valence electrons. The van der Waals surface area contributed by atoms with E-state index in [4.69, 9.17) is 5.73 Å². The molecule has 33 heavy (non-hydrogen) atoms. The van der Waals surface area contributed by atoms with E-state index in [2.05, 4.69) is 10.6 Å². The lowest BCUT2D eigenvalue weighted by Gasteiger charge is -2.25. The third-order valence-corrected chi connectivity index (χ3v) is 5.66. The maximum atomic E-state index is 14.8. The lowest BCUT2D eigenvalue weighted by Crippen LogP contribution is -2.41. The zero-order valence-electron chi connectivity index (χ0n) is 18.2. The van der Waals surface area contributed by atoms with Gasteiger partial charge in [-0.3, -0.25) is 4.79 Å². The van der Waals surface area contributed by atoms with Crippen LogP contribution in [0.5, 0.6) is 0 Å². The Labute approximate surface area is 191 Å². The van der Waals surface area contributed by atoms with Crippen molar-refractivity contribution in [1.82, 2.24) is 10.2 Å². The van der Waals surface area contributed by atoms with Crippen LogP contribution in [-0.4, -0.2) is 36.5 Å². The van der Waals surface area contributed by atoms with Crippen molar-refractivity contribution in [3.05, 3.63) is 108 Å². The Morgan fingerprint density at radius 3 is 2.18 bits per heavy atom. The number of halogens is 1. The Morgan fingerprint density at radius 1 is 1.03 bits per heavy atom. The second kappa shape index (κ2) is 9.67. The molecule has 0 unspecified atom stereocenters. The molecule has 0 saturated carbocycles. The summed E-state index contributed by atoms with van der Waals surface area (Å²) in [7, 11) is 1.60. The van der Waals surface area contributed by atoms with E-state index in [0.717, 1.165) is 11.1 Å². The Hall–Kier alpha value is -3.97. The summed E-state index contributed by atoms with van der Waals surface area (Å²) in [5, 5.41) is 5.42. The Bertz CT molecular complexity index is 1140. The van der Waals surface area contributed by atoms with Gasteiger partial charge in [-0.25, -0.2) is 9.18 Å². The quantitative estimate of drug-likeness (QED) is 0.539. The van der Waals surface area contributed by atoms with Gasteiger partial charge in [0.05, 0.1) is 6.04 Å². The summed E-state index contributed by atoms with van der Waals surface area (Å²) in [6.45, 7) is 0.229. The molecule has 1 aliphatic rings. The molecule has 3 aromatic carbocycles. The van der Waals surface area contributed by atoms with Gasteiger partial charge in [0, 0.05) is 37.0 Å². The molecule has 1 aliphatic heterocycles. The first-order valence-electron chi connectivity index (χ1n) is 10.6. The number of benzene rings is 3. The number of hydrogen-bond acceptors (Lipinski definition) is 3. The van der Waals surface area contributed by atoms with E-state index in [-0.39, 0.29) is 18.5 Å². The van der Waals surface area contributed by atoms with E-state index in [1.54, 1.807) is 25.4 Å². The summed E-state index contributed by atoms with van der Waals surface area (Å²) in [6, 6.07) is 22.5. The molecule has 0 fully saturated rings. The first kappa shape index (κ1) is 22.2. The Balaban J connectivity index is 1.55. The zero-order chi connectivity index (χ0) is 23.4. The van der Waals surface area contributed by atoms with Crippen LogP contribution in [0.3, 0.4) is 0 Å². The number of amides is 3. The molecule has 4 rings (SSSR count). The molecule has 0 aliphatic carbocycles. The Kier molecular flexibility index (Phi) is 6.51. The highest BCUT2D eigenvalue weighted by Crippen LogP contribution is 2.28. The van der Waals surface area contributed by atoms with Crippen LogP contribution < -0.4 is 16.4 Å². The SMILES string of the molecule is CN1C=C(c2ccc(NC(=O)[C@@H](N)C(c3ccccc3)c3ccccc3)cc2F)CNC1=O. The van der Waals surface area contributed by atoms with Crippen molar-refractivity contribution in [2.45, 2.75) is 12.0 Å². The van der Waals surface area contributed by atoms with Gasteiger partial charge in [-0.05, 0) is 34.9 Å². The monoisotopic (exact) mass is 444 g/mol. The van der Waals surface area contributed by atoms with Gasteiger partial charge in [0.25, 0.3) is 0 Å². The van der Waals surface area contributed by atoms with Crippen molar-refractivity contribution in [3.63, 3.8) is 0 Å². The minimum atomic E-state index is -0.887. The van der Waals surface area contributed by atoms with Gasteiger partial charge in [-0.2, -0.15) is 0 Å². The standard InChI is InChI=1S/C26H25FN4O2/c1-31-16-19(15-29-26(31)33)21-13-12-20(14-22(21)27)30-25(32)24(28)23(17-8-4-2-5-9-17)18-10-6-3-7-11-18/h2-14,16,23-24H,15,28H2,1H3,(H,29,33)(H,30,32)/t24-/m0/s1. The second-order valence-corrected chi connectivity index (χ2v) is 7.93. The van der Waals surface area contributed by atoms with Crippen LogP contribution in [0, 0.1) is 5.82 Å². The van der Waals surface area contributed by atoms with Gasteiger partial charge in [0.2, 0.25) is 5.91 Å². The molecule has 6 nitrogen and oxygen atoms in total. The molecule has 1 heterocycles. The van der Waals surface area contributed by atoms with Gasteiger partial charge < -0.3 is 21.3 Å². The summed E-state index contributed by atoms with van der Waals surface area (Å²) >= 11 is 0. The number of urea groups is 1. The molecule has 0 spiro atoms. The predicted molar refractivity (Wildman–Crippen MR) is 127 cm³/mol. The normalized spacial score (nSPS) is 14.5. The lowest BCUT2D eigenvalue weighted by atomic mass is 9.85. The topological polar surface area (TPSA) is 87.5 Å². The molecule has 0 bridgehead atoms. The molecular weight excluding hydrogens is 419 g/mol. The second-order valence-electron chi connectivity index (χ2n) is 7.93. The van der Waals surface area contributed by atoms with E-state index in [1.165, 1.54) is 11.0 Å². The van der Waals surface area contributed by atoms with E-state index in [9.17, 15) is 14.0 Å². The molecular formula is C26H25FN4O2. The highest BCUT2D eigenvalue weighted by molar-refractivity contribution is 5.96. The number of nitrogens with two attached hydrogens (primary N) is 1. The zero-order valence-corrected chi connectivity index (χ0v) is 18.2. The van der Waals surface area contributed by atoms with Crippen LogP contribution in [0.2, 0.25) is 0 Å². The molecule has 0 radical (unpaired) electrons. The number of nitrogens with zero attached hydrogens (tertiary/aromatic N) is 1. The molecule has 3 amide bonds. The van der Waals surface area contributed by atoms with Gasteiger partial charge >= 0.3 is 6.03 Å². The van der Waals surface area contributed by atoms with Gasteiger partial charge in [0.15, 0.2) is 0 Å². The molecule has 7 heteroatoms. The van der Waals surface area contributed by atoms with Crippen LogP contribution in [0.4, 0.5) is 14.9 Å². The van der Waals surface area contributed by atoms with Gasteiger partial charge in [0.1, 0.15) is 5.82 Å². The van der Waals surface area contributed by atoms with E-state index in [0.29, 0.717) is 16.8 Å². The van der Waals surface area contributed by atoms with Gasteiger partial charge in [-0.1, -0.05) is 60.7 Å². The molecule has 4 N–H and O–H groups in total. The maximum absolute atomic E-state index is 14.8. The van der Waals surface area contributed by atoms with Crippen LogP contribution in [0.15, 0.2) is 85.1 Å². The van der Waals surface area contributed by atoms with Crippen molar-refractivity contribution >= 4 is 23.2 Å². The predicted octanol–water partition coefficient (Wildman–Crippen LogP) is 3.92. The first-order valence-corrected chi connectivity index (χ1v) is 10.6. The van der Waals surface area contributed by atoms with E-state index in [1.807, 2.05) is 60.7 Å². The van der Waals surface area contributed by atoms with Crippen molar-refractivity contribution in [1.29, 1.82) is 0 Å². The number of anilines is 1. The number of carbonyl (C=O) groups is 2. The van der Waals surface area contributed by atoms with Crippen molar-refractivity contribution in [2.24, 2.45) is 5.73 Å². The van der Waals surface area contributed by atoms with Crippen molar-refractivity contribution in [2.75, 3.05) is 18.9 Å². The fourth-order valence-corrected chi connectivity index (χ4v) is 3.96. The van der Waals surface area contributed by atoms with E-state index < -0.39 is 17.8 Å².